The number of ether oxygens (including phenoxy) is 2. The average Bonchev–Trinajstić information content (AvgIpc) is 3.40. The molecule has 0 aliphatic carbocycles. The summed E-state index contributed by atoms with van der Waals surface area (Å²) in [5.41, 5.74) is 1.21. The van der Waals surface area contributed by atoms with Gasteiger partial charge in [0.2, 0.25) is 0 Å². The lowest BCUT2D eigenvalue weighted by molar-refractivity contribution is 0.0620. The number of benzene rings is 2. The summed E-state index contributed by atoms with van der Waals surface area (Å²) in [7, 11) is 1.64. The zero-order valence-electron chi connectivity index (χ0n) is 18.5. The van der Waals surface area contributed by atoms with Crippen LogP contribution >= 0.6 is 0 Å². The molecule has 0 atom stereocenters. The topological polar surface area (TPSA) is 84.3 Å². The number of rotatable bonds is 8. The van der Waals surface area contributed by atoms with Crippen LogP contribution in [0.25, 0.3) is 0 Å². The lowest BCUT2D eigenvalue weighted by Crippen LogP contribution is -2.49. The fourth-order valence-electron chi connectivity index (χ4n) is 3.62. The molecule has 1 N–H and O–H groups in total. The quantitative estimate of drug-likeness (QED) is 0.568. The highest BCUT2D eigenvalue weighted by Gasteiger charge is 2.22. The second kappa shape index (κ2) is 10.7. The molecule has 0 bridgehead atoms. The van der Waals surface area contributed by atoms with Crippen LogP contribution in [0.15, 0.2) is 71.3 Å². The first-order valence-corrected chi connectivity index (χ1v) is 10.9. The van der Waals surface area contributed by atoms with E-state index in [4.69, 9.17) is 13.9 Å². The van der Waals surface area contributed by atoms with Gasteiger partial charge in [-0.05, 0) is 60.7 Å². The minimum Gasteiger partial charge on any atom is -0.497 e. The van der Waals surface area contributed by atoms with Crippen molar-refractivity contribution in [3.05, 3.63) is 78.3 Å². The smallest absolute Gasteiger partial charge is 0.291 e. The Hall–Kier alpha value is -3.78. The van der Waals surface area contributed by atoms with Crippen molar-refractivity contribution < 1.29 is 23.5 Å². The van der Waals surface area contributed by atoms with Gasteiger partial charge in [0, 0.05) is 44.0 Å². The van der Waals surface area contributed by atoms with E-state index in [1.54, 1.807) is 43.5 Å². The minimum atomic E-state index is -0.328. The Balaban J connectivity index is 1.20. The van der Waals surface area contributed by atoms with E-state index >= 15 is 0 Å². The maximum absolute atomic E-state index is 12.8. The molecule has 33 heavy (non-hydrogen) atoms. The molecule has 4 rings (SSSR count). The van der Waals surface area contributed by atoms with E-state index < -0.39 is 0 Å². The number of furan rings is 1. The largest absolute Gasteiger partial charge is 0.497 e. The molecule has 2 amide bonds. The van der Waals surface area contributed by atoms with Crippen molar-refractivity contribution in [1.29, 1.82) is 0 Å². The summed E-state index contributed by atoms with van der Waals surface area (Å²) in [4.78, 5) is 29.1. The highest BCUT2D eigenvalue weighted by Crippen LogP contribution is 2.17. The number of amides is 2. The van der Waals surface area contributed by atoms with Crippen molar-refractivity contribution in [1.82, 2.24) is 9.80 Å². The first kappa shape index (κ1) is 22.4. The van der Waals surface area contributed by atoms with E-state index in [0.717, 1.165) is 31.1 Å². The fourth-order valence-corrected chi connectivity index (χ4v) is 3.62. The molecule has 1 aliphatic rings. The molecule has 2 heterocycles. The molecule has 8 nitrogen and oxygen atoms in total. The summed E-state index contributed by atoms with van der Waals surface area (Å²) in [6.07, 6.45) is 1.45. The Morgan fingerprint density at radius 1 is 0.939 bits per heavy atom. The highest BCUT2D eigenvalue weighted by atomic mass is 16.5. The van der Waals surface area contributed by atoms with Crippen LogP contribution < -0.4 is 14.8 Å². The Kier molecular flexibility index (Phi) is 7.26. The SMILES string of the molecule is COc1ccc(OCCN2CCN(C(=O)c3ccc(NC(=O)c4ccco4)cc3)CC2)cc1. The Morgan fingerprint density at radius 3 is 2.27 bits per heavy atom. The van der Waals surface area contributed by atoms with Gasteiger partial charge in [-0.2, -0.15) is 0 Å². The lowest BCUT2D eigenvalue weighted by Gasteiger charge is -2.34. The monoisotopic (exact) mass is 449 g/mol. The van der Waals surface area contributed by atoms with Crippen molar-refractivity contribution in [2.75, 3.05) is 51.8 Å². The van der Waals surface area contributed by atoms with Gasteiger partial charge in [-0.25, -0.2) is 0 Å². The summed E-state index contributed by atoms with van der Waals surface area (Å²) in [6.45, 7) is 4.32. The predicted octanol–water partition coefficient (Wildman–Crippen LogP) is 3.38. The summed E-state index contributed by atoms with van der Waals surface area (Å²) in [6, 6.07) is 17.7. The number of hydrogen-bond donors (Lipinski definition) is 1. The number of carbonyl (C=O) groups is 2. The van der Waals surface area contributed by atoms with Crippen LogP contribution in [-0.4, -0.2) is 68.1 Å². The third-order valence-corrected chi connectivity index (χ3v) is 5.53. The van der Waals surface area contributed by atoms with Crippen LogP contribution in [0.1, 0.15) is 20.9 Å². The molecule has 1 fully saturated rings. The molecule has 0 radical (unpaired) electrons. The van der Waals surface area contributed by atoms with Crippen LogP contribution in [0.4, 0.5) is 5.69 Å². The molecule has 0 saturated carbocycles. The van der Waals surface area contributed by atoms with Crippen molar-refractivity contribution in [2.24, 2.45) is 0 Å². The maximum Gasteiger partial charge on any atom is 0.291 e. The third kappa shape index (κ3) is 5.93. The van der Waals surface area contributed by atoms with E-state index in [1.165, 1.54) is 6.26 Å². The number of hydrogen-bond acceptors (Lipinski definition) is 6. The van der Waals surface area contributed by atoms with Gasteiger partial charge in [0.15, 0.2) is 5.76 Å². The van der Waals surface area contributed by atoms with E-state index in [9.17, 15) is 9.59 Å². The molecule has 1 aliphatic heterocycles. The Morgan fingerprint density at radius 2 is 1.64 bits per heavy atom. The summed E-state index contributed by atoms with van der Waals surface area (Å²) in [5.74, 6) is 1.52. The third-order valence-electron chi connectivity index (χ3n) is 5.53. The van der Waals surface area contributed by atoms with Gasteiger partial charge in [-0.15, -0.1) is 0 Å². The van der Waals surface area contributed by atoms with Crippen LogP contribution in [0.5, 0.6) is 11.5 Å². The fraction of sp³-hybridized carbons (Fsp3) is 0.280. The number of piperazine rings is 1. The van der Waals surface area contributed by atoms with Crippen molar-refractivity contribution in [3.63, 3.8) is 0 Å². The van der Waals surface area contributed by atoms with Gasteiger partial charge in [0.05, 0.1) is 13.4 Å². The lowest BCUT2D eigenvalue weighted by atomic mass is 10.1. The molecule has 2 aromatic carbocycles. The Bertz CT molecular complexity index is 1040. The zero-order valence-corrected chi connectivity index (χ0v) is 18.5. The molecular weight excluding hydrogens is 422 g/mol. The molecule has 1 aromatic heterocycles. The highest BCUT2D eigenvalue weighted by molar-refractivity contribution is 6.02. The van der Waals surface area contributed by atoms with E-state index in [0.29, 0.717) is 30.9 Å². The molecule has 0 spiro atoms. The van der Waals surface area contributed by atoms with Gasteiger partial charge in [-0.3, -0.25) is 14.5 Å². The zero-order chi connectivity index (χ0) is 23.0. The second-order valence-corrected chi connectivity index (χ2v) is 7.67. The number of nitrogens with zero attached hydrogens (tertiary/aromatic N) is 2. The first-order chi connectivity index (χ1) is 16.1. The van der Waals surface area contributed by atoms with Gasteiger partial charge in [0.25, 0.3) is 11.8 Å². The van der Waals surface area contributed by atoms with Gasteiger partial charge in [0.1, 0.15) is 18.1 Å². The molecule has 3 aromatic rings. The normalized spacial score (nSPS) is 14.0. The standard InChI is InChI=1S/C25H27N3O5/c1-31-21-8-10-22(11-9-21)32-18-16-27-12-14-28(15-13-27)25(30)19-4-6-20(7-5-19)26-24(29)23-3-2-17-33-23/h2-11,17H,12-16,18H2,1H3,(H,26,29). The van der Waals surface area contributed by atoms with Gasteiger partial charge in [-0.1, -0.05) is 0 Å². The first-order valence-electron chi connectivity index (χ1n) is 10.9. The minimum absolute atomic E-state index is 0.00644. The van der Waals surface area contributed by atoms with E-state index in [1.807, 2.05) is 29.2 Å². The maximum atomic E-state index is 12.8. The van der Waals surface area contributed by atoms with E-state index in [2.05, 4.69) is 10.2 Å². The van der Waals surface area contributed by atoms with E-state index in [-0.39, 0.29) is 17.6 Å². The van der Waals surface area contributed by atoms with Crippen LogP contribution in [0.2, 0.25) is 0 Å². The summed E-state index contributed by atoms with van der Waals surface area (Å²) in [5, 5.41) is 2.75. The van der Waals surface area contributed by atoms with Crippen LogP contribution in [0, 0.1) is 0 Å². The number of anilines is 1. The summed E-state index contributed by atoms with van der Waals surface area (Å²) >= 11 is 0. The van der Waals surface area contributed by atoms with Crippen molar-refractivity contribution in [3.8, 4) is 11.5 Å². The molecular formula is C25H27N3O5. The molecule has 1 saturated heterocycles. The number of nitrogens with one attached hydrogen (secondary N) is 1. The average molecular weight is 450 g/mol. The molecule has 8 heteroatoms. The molecule has 172 valence electrons. The second-order valence-electron chi connectivity index (χ2n) is 7.67. The Labute approximate surface area is 192 Å². The van der Waals surface area contributed by atoms with Crippen molar-refractivity contribution >= 4 is 17.5 Å². The van der Waals surface area contributed by atoms with Crippen LogP contribution in [0.3, 0.4) is 0 Å². The van der Waals surface area contributed by atoms with Gasteiger partial charge < -0.3 is 24.1 Å². The summed E-state index contributed by atoms with van der Waals surface area (Å²) < 4.78 is 16.0. The van der Waals surface area contributed by atoms with Crippen molar-refractivity contribution in [2.45, 2.75) is 0 Å². The molecule has 0 unspecified atom stereocenters. The number of carbonyl (C=O) groups excluding carboxylic acids is 2. The predicted molar refractivity (Wildman–Crippen MR) is 124 cm³/mol. The van der Waals surface area contributed by atoms with Gasteiger partial charge >= 0.3 is 0 Å². The number of methoxy groups -OCH3 is 1. The van der Waals surface area contributed by atoms with Crippen LogP contribution in [-0.2, 0) is 0 Å².